The van der Waals surface area contributed by atoms with E-state index >= 15 is 0 Å². The van der Waals surface area contributed by atoms with Crippen molar-refractivity contribution >= 4 is 32.9 Å². The minimum Gasteiger partial charge on any atom is -0.496 e. The maximum absolute atomic E-state index is 5.77. The van der Waals surface area contributed by atoms with Crippen molar-refractivity contribution in [2.75, 3.05) is 14.2 Å². The van der Waals surface area contributed by atoms with Crippen LogP contribution < -0.4 is 15.2 Å². The maximum atomic E-state index is 5.77. The molecule has 16 heavy (non-hydrogen) atoms. The van der Waals surface area contributed by atoms with Gasteiger partial charge in [-0.05, 0) is 47.0 Å². The SMILES string of the molecule is Br.COc1cc(CC(C)N)c(OC)cc1Br. The highest BCUT2D eigenvalue weighted by molar-refractivity contribution is 9.10. The van der Waals surface area contributed by atoms with Gasteiger partial charge in [0, 0.05) is 6.04 Å². The molecule has 0 heterocycles. The van der Waals surface area contributed by atoms with E-state index in [-0.39, 0.29) is 23.0 Å². The first-order valence-electron chi connectivity index (χ1n) is 4.74. The topological polar surface area (TPSA) is 44.5 Å². The first-order valence-corrected chi connectivity index (χ1v) is 5.53. The van der Waals surface area contributed by atoms with E-state index in [1.807, 2.05) is 19.1 Å². The third-order valence-corrected chi connectivity index (χ3v) is 2.72. The molecule has 1 rings (SSSR count). The molecule has 1 aromatic rings. The van der Waals surface area contributed by atoms with Gasteiger partial charge in [-0.25, -0.2) is 0 Å². The molecule has 0 aliphatic heterocycles. The molecule has 0 aliphatic carbocycles. The quantitative estimate of drug-likeness (QED) is 0.904. The highest BCUT2D eigenvalue weighted by Crippen LogP contribution is 2.33. The Hall–Kier alpha value is -0.260. The molecule has 0 aliphatic rings. The van der Waals surface area contributed by atoms with Crippen LogP contribution in [0.25, 0.3) is 0 Å². The van der Waals surface area contributed by atoms with E-state index in [1.54, 1.807) is 14.2 Å². The average molecular weight is 355 g/mol. The number of ether oxygens (including phenoxy) is 2. The van der Waals surface area contributed by atoms with Gasteiger partial charge in [0.05, 0.1) is 18.7 Å². The standard InChI is InChI=1S/C11H16BrNO2.BrH/c1-7(13)4-8-5-11(15-3)9(12)6-10(8)14-2;/h5-7H,4,13H2,1-3H3;1H. The molecule has 3 nitrogen and oxygen atoms in total. The molecule has 1 atom stereocenters. The zero-order chi connectivity index (χ0) is 11.4. The number of hydrogen-bond acceptors (Lipinski definition) is 3. The molecule has 1 aromatic carbocycles. The fourth-order valence-electron chi connectivity index (χ4n) is 1.43. The molecule has 0 radical (unpaired) electrons. The molecule has 0 fully saturated rings. The van der Waals surface area contributed by atoms with Crippen molar-refractivity contribution in [3.63, 3.8) is 0 Å². The van der Waals surface area contributed by atoms with Crippen LogP contribution in [0.5, 0.6) is 11.5 Å². The molecule has 0 saturated heterocycles. The van der Waals surface area contributed by atoms with E-state index in [4.69, 9.17) is 15.2 Å². The van der Waals surface area contributed by atoms with Crippen molar-refractivity contribution in [1.29, 1.82) is 0 Å². The van der Waals surface area contributed by atoms with Crippen LogP contribution in [0, 0.1) is 0 Å². The Morgan fingerprint density at radius 2 is 1.81 bits per heavy atom. The summed E-state index contributed by atoms with van der Waals surface area (Å²) in [4.78, 5) is 0. The Morgan fingerprint density at radius 1 is 1.25 bits per heavy atom. The summed E-state index contributed by atoms with van der Waals surface area (Å²) in [6.45, 7) is 1.97. The average Bonchev–Trinajstić information content (AvgIpc) is 2.19. The number of methoxy groups -OCH3 is 2. The Morgan fingerprint density at radius 3 is 2.25 bits per heavy atom. The van der Waals surface area contributed by atoms with E-state index in [1.165, 1.54) is 0 Å². The van der Waals surface area contributed by atoms with Gasteiger partial charge in [0.15, 0.2) is 0 Å². The third kappa shape index (κ3) is 3.96. The lowest BCUT2D eigenvalue weighted by Gasteiger charge is -2.13. The molecule has 0 spiro atoms. The van der Waals surface area contributed by atoms with Crippen LogP contribution in [0.15, 0.2) is 16.6 Å². The number of nitrogens with two attached hydrogens (primary N) is 1. The lowest BCUT2D eigenvalue weighted by atomic mass is 10.1. The molecule has 0 bridgehead atoms. The number of halogens is 2. The first-order chi connectivity index (χ1) is 7.08. The van der Waals surface area contributed by atoms with Crippen LogP contribution in [0.2, 0.25) is 0 Å². The minimum atomic E-state index is 0. The second kappa shape index (κ2) is 7.14. The van der Waals surface area contributed by atoms with Crippen molar-refractivity contribution in [1.82, 2.24) is 0 Å². The Kier molecular flexibility index (Phi) is 7.03. The van der Waals surface area contributed by atoms with Gasteiger partial charge in [-0.2, -0.15) is 0 Å². The van der Waals surface area contributed by atoms with Gasteiger partial charge in [0.25, 0.3) is 0 Å². The highest BCUT2D eigenvalue weighted by Gasteiger charge is 2.10. The first kappa shape index (κ1) is 15.7. The van der Waals surface area contributed by atoms with E-state index in [0.717, 1.165) is 28.0 Å². The summed E-state index contributed by atoms with van der Waals surface area (Å²) in [5.74, 6) is 1.63. The Bertz CT molecular complexity index is 343. The Labute approximate surface area is 115 Å². The van der Waals surface area contributed by atoms with Crippen LogP contribution in [-0.2, 0) is 6.42 Å². The molecule has 1 unspecified atom stereocenters. The van der Waals surface area contributed by atoms with E-state index in [0.29, 0.717) is 0 Å². The van der Waals surface area contributed by atoms with Crippen molar-refractivity contribution < 1.29 is 9.47 Å². The molecular formula is C11H17Br2NO2. The lowest BCUT2D eigenvalue weighted by Crippen LogP contribution is -2.18. The van der Waals surface area contributed by atoms with E-state index in [9.17, 15) is 0 Å². The van der Waals surface area contributed by atoms with Crippen LogP contribution in [0.3, 0.4) is 0 Å². The maximum Gasteiger partial charge on any atom is 0.133 e. The van der Waals surface area contributed by atoms with Gasteiger partial charge < -0.3 is 15.2 Å². The second-order valence-electron chi connectivity index (χ2n) is 3.48. The molecule has 2 N–H and O–H groups in total. The summed E-state index contributed by atoms with van der Waals surface area (Å²) >= 11 is 3.41. The van der Waals surface area contributed by atoms with Crippen LogP contribution in [-0.4, -0.2) is 20.3 Å². The molecule has 0 saturated carbocycles. The van der Waals surface area contributed by atoms with Gasteiger partial charge in [-0.3, -0.25) is 0 Å². The zero-order valence-electron chi connectivity index (χ0n) is 9.62. The summed E-state index contributed by atoms with van der Waals surface area (Å²) in [5, 5.41) is 0. The summed E-state index contributed by atoms with van der Waals surface area (Å²) in [7, 11) is 3.29. The summed E-state index contributed by atoms with van der Waals surface area (Å²) in [6, 6.07) is 3.95. The molecule has 5 heteroatoms. The predicted octanol–water partition coefficient (Wildman–Crippen LogP) is 2.93. The summed E-state index contributed by atoms with van der Waals surface area (Å²) in [6.07, 6.45) is 0.771. The van der Waals surface area contributed by atoms with Gasteiger partial charge in [0.2, 0.25) is 0 Å². The lowest BCUT2D eigenvalue weighted by molar-refractivity contribution is 0.395. The van der Waals surface area contributed by atoms with Crippen LogP contribution in [0.1, 0.15) is 12.5 Å². The van der Waals surface area contributed by atoms with Crippen molar-refractivity contribution in [2.24, 2.45) is 5.73 Å². The number of hydrogen-bond donors (Lipinski definition) is 1. The molecular weight excluding hydrogens is 338 g/mol. The number of benzene rings is 1. The van der Waals surface area contributed by atoms with Gasteiger partial charge >= 0.3 is 0 Å². The fourth-order valence-corrected chi connectivity index (χ4v) is 1.91. The van der Waals surface area contributed by atoms with Crippen molar-refractivity contribution in [3.05, 3.63) is 22.2 Å². The monoisotopic (exact) mass is 353 g/mol. The minimum absolute atomic E-state index is 0. The largest absolute Gasteiger partial charge is 0.496 e. The summed E-state index contributed by atoms with van der Waals surface area (Å²) in [5.41, 5.74) is 6.83. The van der Waals surface area contributed by atoms with Crippen molar-refractivity contribution in [2.45, 2.75) is 19.4 Å². The Balaban J connectivity index is 0.00000225. The molecule has 0 aromatic heterocycles. The number of rotatable bonds is 4. The summed E-state index contributed by atoms with van der Waals surface area (Å²) < 4.78 is 11.4. The third-order valence-electron chi connectivity index (χ3n) is 2.10. The van der Waals surface area contributed by atoms with E-state index < -0.39 is 0 Å². The zero-order valence-corrected chi connectivity index (χ0v) is 12.9. The normalized spacial score (nSPS) is 11.6. The smallest absolute Gasteiger partial charge is 0.133 e. The second-order valence-corrected chi connectivity index (χ2v) is 4.33. The highest BCUT2D eigenvalue weighted by atomic mass is 79.9. The molecule has 92 valence electrons. The van der Waals surface area contributed by atoms with Crippen LogP contribution in [0.4, 0.5) is 0 Å². The van der Waals surface area contributed by atoms with Gasteiger partial charge in [-0.1, -0.05) is 0 Å². The van der Waals surface area contributed by atoms with E-state index in [2.05, 4.69) is 15.9 Å². The van der Waals surface area contributed by atoms with Crippen LogP contribution >= 0.6 is 32.9 Å². The fraction of sp³-hybridized carbons (Fsp3) is 0.455. The van der Waals surface area contributed by atoms with Crippen molar-refractivity contribution in [3.8, 4) is 11.5 Å². The van der Waals surface area contributed by atoms with Gasteiger partial charge in [-0.15, -0.1) is 17.0 Å². The molecule has 0 amide bonds. The van der Waals surface area contributed by atoms with Gasteiger partial charge in [0.1, 0.15) is 11.5 Å². The predicted molar refractivity (Wildman–Crippen MR) is 74.9 cm³/mol.